The molecule has 10 nitrogen and oxygen atoms in total. The van der Waals surface area contributed by atoms with Crippen molar-refractivity contribution < 1.29 is 19.1 Å². The first-order valence-corrected chi connectivity index (χ1v) is 10.8. The van der Waals surface area contributed by atoms with E-state index in [-0.39, 0.29) is 11.9 Å². The first-order chi connectivity index (χ1) is 15.2. The first kappa shape index (κ1) is 19.7. The van der Waals surface area contributed by atoms with Crippen LogP contribution in [0, 0.1) is 0 Å². The van der Waals surface area contributed by atoms with Gasteiger partial charge in [0.1, 0.15) is 13.2 Å². The normalized spacial score (nSPS) is 17.4. The molecule has 1 aromatic carbocycles. The number of hydrogen-bond acceptors (Lipinski definition) is 6. The Kier molecular flexibility index (Phi) is 5.35. The van der Waals surface area contributed by atoms with Crippen molar-refractivity contribution in [1.82, 2.24) is 24.8 Å². The highest BCUT2D eigenvalue weighted by Crippen LogP contribution is 2.32. The fraction of sp³-hybridized carbons (Fsp3) is 0.524. The van der Waals surface area contributed by atoms with Gasteiger partial charge in [-0.2, -0.15) is 0 Å². The van der Waals surface area contributed by atoms with Crippen LogP contribution in [0.1, 0.15) is 30.7 Å². The summed E-state index contributed by atoms with van der Waals surface area (Å²) in [4.78, 5) is 28.9. The van der Waals surface area contributed by atoms with Crippen molar-refractivity contribution in [2.75, 3.05) is 38.2 Å². The number of aryl methyl sites for hydroxylation is 1. The van der Waals surface area contributed by atoms with Crippen LogP contribution in [0.4, 0.5) is 10.5 Å². The molecule has 0 bridgehead atoms. The summed E-state index contributed by atoms with van der Waals surface area (Å²) in [6.07, 6.45) is 3.14. The Morgan fingerprint density at radius 3 is 2.65 bits per heavy atom. The van der Waals surface area contributed by atoms with Crippen molar-refractivity contribution in [1.29, 1.82) is 0 Å². The van der Waals surface area contributed by atoms with Crippen LogP contribution in [0.25, 0.3) is 0 Å². The molecule has 1 fully saturated rings. The molecule has 164 valence electrons. The van der Waals surface area contributed by atoms with Crippen molar-refractivity contribution in [2.45, 2.75) is 38.8 Å². The van der Waals surface area contributed by atoms with Crippen molar-refractivity contribution in [2.24, 2.45) is 0 Å². The Bertz CT molecular complexity index is 984. The molecule has 0 unspecified atom stereocenters. The van der Waals surface area contributed by atoms with Gasteiger partial charge in [0, 0.05) is 44.2 Å². The number of fused-ring (bicyclic) bond motifs is 2. The van der Waals surface area contributed by atoms with Crippen LogP contribution in [0.15, 0.2) is 18.2 Å². The summed E-state index contributed by atoms with van der Waals surface area (Å²) in [7, 11) is 0. The zero-order chi connectivity index (χ0) is 21.2. The van der Waals surface area contributed by atoms with E-state index in [9.17, 15) is 9.59 Å². The van der Waals surface area contributed by atoms with E-state index in [1.54, 1.807) is 23.1 Å². The standard InChI is InChI=1S/C21H26N6O4/c28-20(25-7-1-2-8-25)6-4-16-17-14-26(9-10-27(17)24-23-16)21(29)22-15-3-5-18-19(13-15)31-12-11-30-18/h3,5,13H,1-2,4,6-12,14H2,(H,22,29). The number of rotatable bonds is 4. The van der Waals surface area contributed by atoms with E-state index >= 15 is 0 Å². The highest BCUT2D eigenvalue weighted by atomic mass is 16.6. The molecule has 3 aliphatic rings. The van der Waals surface area contributed by atoms with Crippen LogP contribution < -0.4 is 14.8 Å². The molecule has 5 rings (SSSR count). The fourth-order valence-electron chi connectivity index (χ4n) is 4.24. The van der Waals surface area contributed by atoms with Crippen molar-refractivity contribution >= 4 is 17.6 Å². The Hall–Kier alpha value is -3.30. The maximum absolute atomic E-state index is 12.9. The topological polar surface area (TPSA) is 102 Å². The predicted molar refractivity (Wildman–Crippen MR) is 111 cm³/mol. The summed E-state index contributed by atoms with van der Waals surface area (Å²) in [6, 6.07) is 5.19. The number of likely N-dealkylation sites (tertiary alicyclic amines) is 1. The maximum atomic E-state index is 12.9. The summed E-state index contributed by atoms with van der Waals surface area (Å²) in [6.45, 7) is 4.27. The minimum absolute atomic E-state index is 0.170. The first-order valence-electron chi connectivity index (χ1n) is 10.8. The van der Waals surface area contributed by atoms with Crippen LogP contribution >= 0.6 is 0 Å². The van der Waals surface area contributed by atoms with E-state index < -0.39 is 0 Å². The molecule has 4 heterocycles. The third kappa shape index (κ3) is 4.14. The molecule has 1 N–H and O–H groups in total. The van der Waals surface area contributed by atoms with Gasteiger partial charge in [-0.05, 0) is 25.0 Å². The number of nitrogens with zero attached hydrogens (tertiary/aromatic N) is 5. The Morgan fingerprint density at radius 2 is 1.81 bits per heavy atom. The Labute approximate surface area is 180 Å². The van der Waals surface area contributed by atoms with Crippen LogP contribution in [0.2, 0.25) is 0 Å². The fourth-order valence-corrected chi connectivity index (χ4v) is 4.24. The van der Waals surface area contributed by atoms with Crippen LogP contribution in [-0.4, -0.2) is 69.6 Å². The molecule has 3 aliphatic heterocycles. The lowest BCUT2D eigenvalue weighted by atomic mass is 10.1. The van der Waals surface area contributed by atoms with Gasteiger partial charge in [0.25, 0.3) is 0 Å². The molecule has 1 aromatic heterocycles. The van der Waals surface area contributed by atoms with Gasteiger partial charge in [0.05, 0.1) is 24.5 Å². The summed E-state index contributed by atoms with van der Waals surface area (Å²) in [5, 5.41) is 11.4. The van der Waals surface area contributed by atoms with Gasteiger partial charge in [0.2, 0.25) is 5.91 Å². The largest absolute Gasteiger partial charge is 0.486 e. The van der Waals surface area contributed by atoms with Crippen LogP contribution in [-0.2, 0) is 24.3 Å². The predicted octanol–water partition coefficient (Wildman–Crippen LogP) is 1.65. The number of carbonyl (C=O) groups is 2. The number of anilines is 1. The number of amides is 3. The molecule has 0 atom stereocenters. The second-order valence-corrected chi connectivity index (χ2v) is 8.00. The molecule has 3 amide bonds. The van der Waals surface area contributed by atoms with Gasteiger partial charge < -0.3 is 24.6 Å². The summed E-state index contributed by atoms with van der Waals surface area (Å²) in [5.74, 6) is 1.49. The maximum Gasteiger partial charge on any atom is 0.322 e. The molecule has 0 saturated carbocycles. The van der Waals surface area contributed by atoms with E-state index in [2.05, 4.69) is 15.6 Å². The molecule has 0 spiro atoms. The molecule has 10 heteroatoms. The van der Waals surface area contributed by atoms with E-state index in [1.807, 2.05) is 9.58 Å². The zero-order valence-electron chi connectivity index (χ0n) is 17.4. The molecule has 0 radical (unpaired) electrons. The van der Waals surface area contributed by atoms with E-state index in [1.165, 1.54) is 0 Å². The number of hydrogen-bond donors (Lipinski definition) is 1. The average molecular weight is 426 g/mol. The minimum Gasteiger partial charge on any atom is -0.486 e. The highest BCUT2D eigenvalue weighted by Gasteiger charge is 2.26. The van der Waals surface area contributed by atoms with Gasteiger partial charge >= 0.3 is 6.03 Å². The number of benzene rings is 1. The summed E-state index contributed by atoms with van der Waals surface area (Å²) in [5.41, 5.74) is 2.35. The van der Waals surface area contributed by atoms with Crippen molar-refractivity contribution in [3.8, 4) is 11.5 Å². The lowest BCUT2D eigenvalue weighted by Gasteiger charge is -2.28. The minimum atomic E-state index is -0.191. The number of carbonyl (C=O) groups excluding carboxylic acids is 2. The third-order valence-electron chi connectivity index (χ3n) is 5.96. The quantitative estimate of drug-likeness (QED) is 0.798. The third-order valence-corrected chi connectivity index (χ3v) is 5.96. The lowest BCUT2D eigenvalue weighted by molar-refractivity contribution is -0.130. The van der Waals surface area contributed by atoms with E-state index in [0.29, 0.717) is 62.9 Å². The number of urea groups is 1. The Balaban J connectivity index is 1.21. The van der Waals surface area contributed by atoms with Gasteiger partial charge in [-0.1, -0.05) is 5.21 Å². The second-order valence-electron chi connectivity index (χ2n) is 8.00. The summed E-state index contributed by atoms with van der Waals surface area (Å²) < 4.78 is 12.9. The second kappa shape index (κ2) is 8.44. The monoisotopic (exact) mass is 426 g/mol. The number of aromatic nitrogens is 3. The molecule has 0 aliphatic carbocycles. The molecular formula is C21H26N6O4. The van der Waals surface area contributed by atoms with Crippen LogP contribution in [0.3, 0.4) is 0 Å². The average Bonchev–Trinajstić information content (AvgIpc) is 3.47. The van der Waals surface area contributed by atoms with Gasteiger partial charge in [0.15, 0.2) is 11.5 Å². The highest BCUT2D eigenvalue weighted by molar-refractivity contribution is 5.89. The number of ether oxygens (including phenoxy) is 2. The van der Waals surface area contributed by atoms with E-state index in [4.69, 9.17) is 9.47 Å². The molecule has 2 aromatic rings. The van der Waals surface area contributed by atoms with Crippen LogP contribution in [0.5, 0.6) is 11.5 Å². The lowest BCUT2D eigenvalue weighted by Crippen LogP contribution is -2.41. The Morgan fingerprint density at radius 1 is 1.00 bits per heavy atom. The summed E-state index contributed by atoms with van der Waals surface area (Å²) >= 11 is 0. The van der Waals surface area contributed by atoms with Gasteiger partial charge in [-0.3, -0.25) is 4.79 Å². The number of nitrogens with one attached hydrogen (secondary N) is 1. The van der Waals surface area contributed by atoms with Crippen molar-refractivity contribution in [3.63, 3.8) is 0 Å². The zero-order valence-corrected chi connectivity index (χ0v) is 17.4. The SMILES string of the molecule is O=C(CCc1nnn2c1CN(C(=O)Nc1ccc3c(c1)OCCO3)CC2)N1CCCC1. The molecule has 1 saturated heterocycles. The van der Waals surface area contributed by atoms with E-state index in [0.717, 1.165) is 37.3 Å². The van der Waals surface area contributed by atoms with Gasteiger partial charge in [-0.15, -0.1) is 5.10 Å². The molecular weight excluding hydrogens is 400 g/mol. The van der Waals surface area contributed by atoms with Gasteiger partial charge in [-0.25, -0.2) is 9.48 Å². The van der Waals surface area contributed by atoms with Crippen molar-refractivity contribution in [3.05, 3.63) is 29.6 Å². The molecule has 31 heavy (non-hydrogen) atoms. The smallest absolute Gasteiger partial charge is 0.322 e.